The third-order valence-electron chi connectivity index (χ3n) is 4.99. The number of carboxylic acid groups (broad SMARTS) is 1. The lowest BCUT2D eigenvalue weighted by Crippen LogP contribution is -2.33. The highest BCUT2D eigenvalue weighted by Gasteiger charge is 2.33. The van der Waals surface area contributed by atoms with Crippen LogP contribution < -0.4 is 15.3 Å². The molecule has 0 aliphatic heterocycles. The van der Waals surface area contributed by atoms with Gasteiger partial charge in [0.15, 0.2) is 5.65 Å². The first-order valence-corrected chi connectivity index (χ1v) is 11.5. The summed E-state index contributed by atoms with van der Waals surface area (Å²) in [6.07, 6.45) is 7.84. The maximum atomic E-state index is 13.3. The number of benzene rings is 1. The van der Waals surface area contributed by atoms with Crippen molar-refractivity contribution in [1.29, 1.82) is 0 Å². The quantitative estimate of drug-likeness (QED) is 0.322. The number of nitrogens with two attached hydrogens (primary N) is 1. The first-order chi connectivity index (χ1) is 15.3. The van der Waals surface area contributed by atoms with Crippen LogP contribution in [0.1, 0.15) is 19.4 Å². The molecule has 0 spiro atoms. The van der Waals surface area contributed by atoms with Gasteiger partial charge in [-0.1, -0.05) is 30.4 Å². The van der Waals surface area contributed by atoms with E-state index in [1.165, 1.54) is 6.92 Å². The molecule has 2 aromatic heterocycles. The number of nitrogens with one attached hydrogen (secondary N) is 1. The number of nitrogen functional groups attached to an aromatic ring is 1. The topological polar surface area (TPSA) is 154 Å². The number of fused-ring (bicyclic) bond motifs is 1. The Morgan fingerprint density at radius 2 is 2.12 bits per heavy atom. The van der Waals surface area contributed by atoms with Crippen molar-refractivity contribution < 1.29 is 23.5 Å². The maximum absolute atomic E-state index is 13.3. The van der Waals surface area contributed by atoms with Crippen LogP contribution in [0.5, 0.6) is 5.75 Å². The Labute approximate surface area is 183 Å². The molecule has 32 heavy (non-hydrogen) atoms. The molecule has 0 bridgehead atoms. The summed E-state index contributed by atoms with van der Waals surface area (Å²) in [5, 5.41) is 11.7. The number of hydrogen-bond donors (Lipinski definition) is 3. The Morgan fingerprint density at radius 3 is 2.88 bits per heavy atom. The van der Waals surface area contributed by atoms with Crippen LogP contribution in [-0.2, 0) is 13.9 Å². The number of aliphatic carboxylic acids is 1. The van der Waals surface area contributed by atoms with Crippen molar-refractivity contribution in [1.82, 2.24) is 24.6 Å². The molecule has 0 radical (unpaired) electrons. The predicted octanol–water partition coefficient (Wildman–Crippen LogP) is 2.79. The lowest BCUT2D eigenvalue weighted by atomic mass is 10.1. The molecular weight excluding hydrogens is 435 g/mol. The molecule has 1 aromatic carbocycles. The van der Waals surface area contributed by atoms with Gasteiger partial charge in [0, 0.05) is 5.92 Å². The lowest BCUT2D eigenvalue weighted by molar-refractivity contribution is -0.138. The molecule has 4 rings (SSSR count). The summed E-state index contributed by atoms with van der Waals surface area (Å²) in [7, 11) is -3.95. The van der Waals surface area contributed by atoms with Crippen LogP contribution in [0.15, 0.2) is 55.0 Å². The number of allylic oxidation sites excluding steroid dienone is 1. The van der Waals surface area contributed by atoms with Crippen molar-refractivity contribution >= 4 is 30.8 Å². The number of rotatable bonds is 9. The van der Waals surface area contributed by atoms with Crippen LogP contribution in [0, 0.1) is 5.92 Å². The monoisotopic (exact) mass is 458 g/mol. The van der Waals surface area contributed by atoms with E-state index in [-0.39, 0.29) is 24.5 Å². The van der Waals surface area contributed by atoms with Gasteiger partial charge in [0.2, 0.25) is 5.95 Å². The summed E-state index contributed by atoms with van der Waals surface area (Å²) >= 11 is 0. The van der Waals surface area contributed by atoms with Crippen LogP contribution in [0.25, 0.3) is 11.2 Å². The van der Waals surface area contributed by atoms with Crippen molar-refractivity contribution in [3.63, 3.8) is 0 Å². The van der Waals surface area contributed by atoms with Crippen molar-refractivity contribution in [2.75, 3.05) is 12.3 Å². The smallest absolute Gasteiger partial charge is 0.459 e. The molecule has 11 nitrogen and oxygen atoms in total. The molecule has 0 saturated heterocycles. The maximum Gasteiger partial charge on any atom is 0.459 e. The second kappa shape index (κ2) is 9.07. The molecule has 168 valence electrons. The van der Waals surface area contributed by atoms with E-state index >= 15 is 0 Å². The molecule has 1 aliphatic carbocycles. The van der Waals surface area contributed by atoms with Crippen molar-refractivity contribution in [2.24, 2.45) is 5.92 Å². The van der Waals surface area contributed by atoms with E-state index in [0.29, 0.717) is 23.3 Å². The van der Waals surface area contributed by atoms with Gasteiger partial charge in [0.05, 0.1) is 25.2 Å². The van der Waals surface area contributed by atoms with Crippen molar-refractivity contribution in [2.45, 2.75) is 25.4 Å². The highest BCUT2D eigenvalue weighted by atomic mass is 31.2. The van der Waals surface area contributed by atoms with E-state index in [0.717, 1.165) is 0 Å². The zero-order valence-corrected chi connectivity index (χ0v) is 18.1. The van der Waals surface area contributed by atoms with Gasteiger partial charge >= 0.3 is 13.7 Å². The summed E-state index contributed by atoms with van der Waals surface area (Å²) in [5.74, 6) is -0.771. The number of aromatic nitrogens is 4. The molecule has 0 saturated carbocycles. The molecule has 3 aromatic rings. The third kappa shape index (κ3) is 4.96. The number of carbonyl (C=O) groups is 1. The van der Waals surface area contributed by atoms with Crippen LogP contribution in [0.4, 0.5) is 5.95 Å². The van der Waals surface area contributed by atoms with Gasteiger partial charge < -0.3 is 19.9 Å². The molecule has 0 unspecified atom stereocenters. The molecule has 1 aliphatic rings. The molecule has 0 amide bonds. The number of imidazole rings is 1. The van der Waals surface area contributed by atoms with Crippen molar-refractivity contribution in [3.05, 3.63) is 55.0 Å². The predicted molar refractivity (Wildman–Crippen MR) is 117 cm³/mol. The van der Waals surface area contributed by atoms with E-state index in [1.807, 2.05) is 16.7 Å². The summed E-state index contributed by atoms with van der Waals surface area (Å²) in [6.45, 7) is 1.44. The van der Waals surface area contributed by atoms with Crippen LogP contribution >= 0.6 is 7.75 Å². The van der Waals surface area contributed by atoms with Gasteiger partial charge in [0.1, 0.15) is 17.3 Å². The minimum atomic E-state index is -3.95. The average molecular weight is 458 g/mol. The number of nitrogens with zero attached hydrogens (tertiary/aromatic N) is 4. The van der Waals surface area contributed by atoms with E-state index in [4.69, 9.17) is 14.8 Å². The number of para-hydroxylation sites is 1. The Bertz CT molecular complexity index is 1180. The van der Waals surface area contributed by atoms with Crippen molar-refractivity contribution in [3.8, 4) is 5.75 Å². The minimum Gasteiger partial charge on any atom is -0.480 e. The second-order valence-electron chi connectivity index (χ2n) is 7.42. The normalized spacial score (nSPS) is 20.8. The van der Waals surface area contributed by atoms with E-state index in [9.17, 15) is 14.5 Å². The number of carboxylic acids is 1. The zero-order valence-electron chi connectivity index (χ0n) is 17.2. The molecular formula is C20H23N6O5P. The second-order valence-corrected chi connectivity index (χ2v) is 9.12. The minimum absolute atomic E-state index is 0.0387. The molecule has 12 heteroatoms. The van der Waals surface area contributed by atoms with Gasteiger partial charge in [0.25, 0.3) is 0 Å². The first-order valence-electron chi connectivity index (χ1n) is 9.96. The van der Waals surface area contributed by atoms with E-state index in [1.54, 1.807) is 42.9 Å². The molecule has 2 heterocycles. The Morgan fingerprint density at radius 1 is 1.34 bits per heavy atom. The summed E-state index contributed by atoms with van der Waals surface area (Å²) in [4.78, 5) is 23.8. The Balaban J connectivity index is 1.44. The fraction of sp³-hybridized carbons (Fsp3) is 0.300. The SMILES string of the molecule is C[C@H](N[P@](=O)(OC[C@@H]1C=C[C@H](n2cnc3cnc(N)nc32)C1)Oc1ccccc1)C(=O)O. The van der Waals surface area contributed by atoms with Crippen LogP contribution in [0.3, 0.4) is 0 Å². The lowest BCUT2D eigenvalue weighted by Gasteiger charge is -2.23. The largest absolute Gasteiger partial charge is 0.480 e. The fourth-order valence-corrected chi connectivity index (χ4v) is 4.91. The fourth-order valence-electron chi connectivity index (χ4n) is 3.36. The number of anilines is 1. The van der Waals surface area contributed by atoms with E-state index in [2.05, 4.69) is 20.0 Å². The van der Waals surface area contributed by atoms with Gasteiger partial charge in [-0.15, -0.1) is 0 Å². The molecule has 4 atom stereocenters. The van der Waals surface area contributed by atoms with Crippen LogP contribution in [-0.4, -0.2) is 43.2 Å². The summed E-state index contributed by atoms with van der Waals surface area (Å²) in [6, 6.07) is 7.29. The Kier molecular flexibility index (Phi) is 6.22. The van der Waals surface area contributed by atoms with Gasteiger partial charge in [-0.2, -0.15) is 10.1 Å². The molecule has 4 N–H and O–H groups in total. The third-order valence-corrected chi connectivity index (χ3v) is 6.63. The number of hydrogen-bond acceptors (Lipinski definition) is 8. The van der Waals surface area contributed by atoms with Gasteiger partial charge in [-0.3, -0.25) is 9.32 Å². The zero-order chi connectivity index (χ0) is 22.7. The molecule has 0 fully saturated rings. The Hall–Kier alpha value is -3.27. The average Bonchev–Trinajstić information content (AvgIpc) is 3.39. The van der Waals surface area contributed by atoms with E-state index < -0.39 is 19.8 Å². The van der Waals surface area contributed by atoms with Crippen LogP contribution in [0.2, 0.25) is 0 Å². The standard InChI is InChI=1S/C20H23N6O5P/c1-13(19(27)28)25-32(29,31-16-5-3-2-4-6-16)30-11-14-7-8-15(9-14)26-12-23-17-10-22-20(21)24-18(17)26/h2-8,10,12-15H,9,11H2,1H3,(H,25,29)(H,27,28)(H2,21,22,24)/t13-,14+,15-,32-/m0/s1. The first kappa shape index (κ1) is 21.9. The van der Waals surface area contributed by atoms with Gasteiger partial charge in [-0.25, -0.2) is 14.5 Å². The highest BCUT2D eigenvalue weighted by Crippen LogP contribution is 2.46. The summed E-state index contributed by atoms with van der Waals surface area (Å²) in [5.41, 5.74) is 6.97. The summed E-state index contributed by atoms with van der Waals surface area (Å²) < 4.78 is 26.4. The van der Waals surface area contributed by atoms with Gasteiger partial charge in [-0.05, 0) is 25.5 Å². The highest BCUT2D eigenvalue weighted by molar-refractivity contribution is 7.52.